The lowest BCUT2D eigenvalue weighted by atomic mass is 9.99. The number of carbonyl (C=O) groups is 2. The maximum atomic E-state index is 12.4. The van der Waals surface area contributed by atoms with Crippen molar-refractivity contribution in [3.8, 4) is 11.8 Å². The molecule has 1 aromatic carbocycles. The molecule has 3 rings (SSSR count). The molecule has 33 heavy (non-hydrogen) atoms. The van der Waals surface area contributed by atoms with Crippen LogP contribution < -0.4 is 10.9 Å². The van der Waals surface area contributed by atoms with Crippen LogP contribution in [0.3, 0.4) is 0 Å². The summed E-state index contributed by atoms with van der Waals surface area (Å²) >= 11 is 0. The molecule has 0 atom stereocenters. The Morgan fingerprint density at radius 1 is 1.18 bits per heavy atom. The van der Waals surface area contributed by atoms with E-state index in [4.69, 9.17) is 10.00 Å². The number of pyridine rings is 1. The monoisotopic (exact) mass is 447 g/mol. The summed E-state index contributed by atoms with van der Waals surface area (Å²) in [6, 6.07) is 11.4. The van der Waals surface area contributed by atoms with Crippen molar-refractivity contribution in [1.29, 1.82) is 5.26 Å². The number of H-pyrrole nitrogens is 1. The quantitative estimate of drug-likeness (QED) is 0.536. The first-order chi connectivity index (χ1) is 15.7. The minimum atomic E-state index is -0.554. The molecule has 9 nitrogen and oxygen atoms in total. The lowest BCUT2D eigenvalue weighted by Gasteiger charge is -2.11. The fourth-order valence-electron chi connectivity index (χ4n) is 3.69. The van der Waals surface area contributed by atoms with Crippen LogP contribution in [0.1, 0.15) is 40.2 Å². The molecule has 0 aliphatic rings. The van der Waals surface area contributed by atoms with Crippen molar-refractivity contribution in [3.63, 3.8) is 0 Å². The number of nitriles is 1. The molecule has 0 spiro atoms. The summed E-state index contributed by atoms with van der Waals surface area (Å²) in [5, 5.41) is 16.4. The number of aromatic nitrogens is 3. The number of benzene rings is 1. The average molecular weight is 447 g/mol. The molecule has 0 bridgehead atoms. The highest BCUT2D eigenvalue weighted by molar-refractivity contribution is 5.94. The third-order valence-electron chi connectivity index (χ3n) is 5.42. The van der Waals surface area contributed by atoms with E-state index in [9.17, 15) is 14.4 Å². The number of hydrogen-bond donors (Lipinski definition) is 2. The van der Waals surface area contributed by atoms with Crippen LogP contribution in [0, 0.1) is 39.0 Å². The summed E-state index contributed by atoms with van der Waals surface area (Å²) in [6.07, 6.45) is 0.293. The van der Waals surface area contributed by atoms with Gasteiger partial charge in [0.2, 0.25) is 0 Å². The van der Waals surface area contributed by atoms with Crippen molar-refractivity contribution in [2.45, 2.75) is 40.5 Å². The number of anilines is 1. The van der Waals surface area contributed by atoms with Crippen molar-refractivity contribution < 1.29 is 14.3 Å². The minimum Gasteiger partial charge on any atom is -0.456 e. The molecule has 0 aliphatic heterocycles. The molecule has 0 saturated heterocycles. The fraction of sp³-hybridized carbons (Fsp3) is 0.292. The van der Waals surface area contributed by atoms with E-state index in [-0.39, 0.29) is 18.4 Å². The Hall–Kier alpha value is -4.19. The lowest BCUT2D eigenvalue weighted by molar-refractivity contribution is -0.147. The largest absolute Gasteiger partial charge is 0.456 e. The maximum absolute atomic E-state index is 12.4. The Balaban J connectivity index is 1.58. The van der Waals surface area contributed by atoms with E-state index in [0.29, 0.717) is 28.2 Å². The number of esters is 1. The van der Waals surface area contributed by atoms with Gasteiger partial charge in [0, 0.05) is 12.1 Å². The van der Waals surface area contributed by atoms with Crippen LogP contribution in [0.2, 0.25) is 0 Å². The van der Waals surface area contributed by atoms with Gasteiger partial charge in [0.15, 0.2) is 6.61 Å². The molecule has 2 heterocycles. The smallest absolute Gasteiger partial charge is 0.306 e. The highest BCUT2D eigenvalue weighted by Crippen LogP contribution is 2.22. The average Bonchev–Trinajstić information content (AvgIpc) is 3.06. The van der Waals surface area contributed by atoms with Crippen LogP contribution in [-0.4, -0.2) is 33.2 Å². The van der Waals surface area contributed by atoms with Gasteiger partial charge < -0.3 is 15.0 Å². The molecule has 0 radical (unpaired) electrons. The number of amides is 1. The Morgan fingerprint density at radius 2 is 1.88 bits per heavy atom. The zero-order valence-corrected chi connectivity index (χ0v) is 19.0. The highest BCUT2D eigenvalue weighted by atomic mass is 16.5. The van der Waals surface area contributed by atoms with Crippen molar-refractivity contribution in [2.75, 3.05) is 11.9 Å². The number of ether oxygens (including phenoxy) is 1. The second-order valence-electron chi connectivity index (χ2n) is 7.67. The van der Waals surface area contributed by atoms with Gasteiger partial charge in [-0.1, -0.05) is 18.2 Å². The molecule has 3 aromatic rings. The number of nitrogens with zero attached hydrogens (tertiary/aromatic N) is 3. The van der Waals surface area contributed by atoms with Crippen molar-refractivity contribution in [2.24, 2.45) is 0 Å². The van der Waals surface area contributed by atoms with Crippen molar-refractivity contribution in [3.05, 3.63) is 74.5 Å². The summed E-state index contributed by atoms with van der Waals surface area (Å²) in [5.41, 5.74) is 4.30. The topological polar surface area (TPSA) is 130 Å². The van der Waals surface area contributed by atoms with Gasteiger partial charge in [-0.3, -0.25) is 14.4 Å². The Bertz CT molecular complexity index is 1300. The van der Waals surface area contributed by atoms with E-state index in [1.807, 2.05) is 43.3 Å². The van der Waals surface area contributed by atoms with Crippen LogP contribution in [0.25, 0.3) is 5.69 Å². The van der Waals surface area contributed by atoms with Gasteiger partial charge in [0.1, 0.15) is 11.6 Å². The van der Waals surface area contributed by atoms with Crippen molar-refractivity contribution >= 4 is 17.6 Å². The van der Waals surface area contributed by atoms with E-state index >= 15 is 0 Å². The van der Waals surface area contributed by atoms with Crippen LogP contribution in [0.4, 0.5) is 5.69 Å². The Labute approximate surface area is 191 Å². The molecule has 0 aliphatic carbocycles. The van der Waals surface area contributed by atoms with Gasteiger partial charge in [-0.05, 0) is 57.4 Å². The Kier molecular flexibility index (Phi) is 7.08. The second kappa shape index (κ2) is 9.96. The third-order valence-corrected chi connectivity index (χ3v) is 5.42. The third kappa shape index (κ3) is 5.18. The molecule has 0 saturated carbocycles. The summed E-state index contributed by atoms with van der Waals surface area (Å²) < 4.78 is 6.85. The summed E-state index contributed by atoms with van der Waals surface area (Å²) in [4.78, 5) is 39.0. The SMILES string of the molecule is Cc1nn(-c2ccccc2)c(C)c1NC(=O)COC(=O)CCc1c(C)[nH]c(=O)c(C#N)c1C. The molecule has 2 N–H and O–H groups in total. The maximum Gasteiger partial charge on any atom is 0.306 e. The Morgan fingerprint density at radius 3 is 2.55 bits per heavy atom. The van der Waals surface area contributed by atoms with Crippen LogP contribution in [-0.2, 0) is 20.7 Å². The van der Waals surface area contributed by atoms with Gasteiger partial charge >= 0.3 is 5.97 Å². The van der Waals surface area contributed by atoms with E-state index < -0.39 is 24.0 Å². The van der Waals surface area contributed by atoms with E-state index in [1.54, 1.807) is 25.5 Å². The molecule has 2 aromatic heterocycles. The summed E-state index contributed by atoms with van der Waals surface area (Å²) in [5.74, 6) is -1.02. The molecule has 0 unspecified atom stereocenters. The van der Waals surface area contributed by atoms with Crippen molar-refractivity contribution in [1.82, 2.24) is 14.8 Å². The predicted octanol–water partition coefficient (Wildman–Crippen LogP) is 2.78. The number of rotatable bonds is 7. The number of nitrogens with one attached hydrogen (secondary N) is 2. The van der Waals surface area contributed by atoms with Gasteiger partial charge in [-0.25, -0.2) is 4.68 Å². The fourth-order valence-corrected chi connectivity index (χ4v) is 3.69. The number of carbonyl (C=O) groups excluding carboxylic acids is 2. The van der Waals surface area contributed by atoms with Gasteiger partial charge in [-0.2, -0.15) is 10.4 Å². The normalized spacial score (nSPS) is 10.5. The number of hydrogen-bond acceptors (Lipinski definition) is 6. The first-order valence-electron chi connectivity index (χ1n) is 10.4. The predicted molar refractivity (Wildman–Crippen MR) is 122 cm³/mol. The molecular formula is C24H25N5O4. The number of aromatic amines is 1. The summed E-state index contributed by atoms with van der Waals surface area (Å²) in [6.45, 7) is 6.60. The standard InChI is InChI=1S/C24H25N5O4/c1-14-19(15(2)26-24(32)20(14)12-25)10-11-22(31)33-13-21(30)27-23-16(3)28-29(17(23)4)18-8-6-5-7-9-18/h5-9H,10-11,13H2,1-4H3,(H,26,32)(H,27,30). The van der Waals surface area contributed by atoms with E-state index in [2.05, 4.69) is 15.4 Å². The first kappa shape index (κ1) is 23.5. The van der Waals surface area contributed by atoms with Crippen LogP contribution in [0.15, 0.2) is 35.1 Å². The van der Waals surface area contributed by atoms with Crippen LogP contribution in [0.5, 0.6) is 0 Å². The minimum absolute atomic E-state index is 0.00979. The van der Waals surface area contributed by atoms with Gasteiger partial charge in [0.05, 0.1) is 22.8 Å². The zero-order valence-electron chi connectivity index (χ0n) is 19.0. The second-order valence-corrected chi connectivity index (χ2v) is 7.67. The molecule has 1 amide bonds. The van der Waals surface area contributed by atoms with Crippen LogP contribution >= 0.6 is 0 Å². The number of aryl methyl sites for hydroxylation is 2. The molecule has 9 heteroatoms. The zero-order chi connectivity index (χ0) is 24.1. The van der Waals surface area contributed by atoms with Gasteiger partial charge in [-0.15, -0.1) is 0 Å². The van der Waals surface area contributed by atoms with E-state index in [0.717, 1.165) is 11.4 Å². The molecule has 170 valence electrons. The first-order valence-corrected chi connectivity index (χ1v) is 10.4. The molecular weight excluding hydrogens is 422 g/mol. The summed E-state index contributed by atoms with van der Waals surface area (Å²) in [7, 11) is 0. The molecule has 0 fully saturated rings. The van der Waals surface area contributed by atoms with Gasteiger partial charge in [0.25, 0.3) is 11.5 Å². The highest BCUT2D eigenvalue weighted by Gasteiger charge is 2.17. The van der Waals surface area contributed by atoms with E-state index in [1.165, 1.54) is 0 Å². The number of para-hydroxylation sites is 1. The lowest BCUT2D eigenvalue weighted by Crippen LogP contribution is -2.22.